The molecule has 1 aromatic rings. The van der Waals surface area contributed by atoms with Crippen molar-refractivity contribution in [3.8, 4) is 0 Å². The molecule has 0 heterocycles. The minimum atomic E-state index is -4.15. The molecular weight excluding hydrogens is 227 g/mol. The van der Waals surface area contributed by atoms with Crippen LogP contribution < -0.4 is 4.72 Å². The molecular formula is C7H7FN2O4S. The Labute approximate surface area is 84.9 Å². The van der Waals surface area contributed by atoms with Crippen LogP contribution in [-0.2, 0) is 10.0 Å². The molecule has 0 bridgehead atoms. The van der Waals surface area contributed by atoms with E-state index in [4.69, 9.17) is 0 Å². The van der Waals surface area contributed by atoms with E-state index in [1.807, 2.05) is 0 Å². The second kappa shape index (κ2) is 4.22. The van der Waals surface area contributed by atoms with E-state index in [9.17, 15) is 22.9 Å². The van der Waals surface area contributed by atoms with Crippen LogP contribution in [0.25, 0.3) is 0 Å². The molecule has 15 heavy (non-hydrogen) atoms. The molecule has 1 aromatic carbocycles. The van der Waals surface area contributed by atoms with Crippen molar-refractivity contribution in [1.82, 2.24) is 0 Å². The standard InChI is InChI=1S/C7H7FN2O4S/c8-6-3-1-2-4-7(6)9-15(13,14)5-10(11)12/h1-4,9H,5H2. The number of benzene rings is 1. The van der Waals surface area contributed by atoms with Crippen molar-refractivity contribution in [2.24, 2.45) is 0 Å². The molecule has 0 aliphatic carbocycles. The van der Waals surface area contributed by atoms with Gasteiger partial charge in [-0.3, -0.25) is 14.8 Å². The van der Waals surface area contributed by atoms with Gasteiger partial charge in [0, 0.05) is 4.92 Å². The molecule has 0 atom stereocenters. The van der Waals surface area contributed by atoms with Crippen LogP contribution in [0.5, 0.6) is 0 Å². The maximum atomic E-state index is 13.0. The number of hydrogen-bond acceptors (Lipinski definition) is 4. The van der Waals surface area contributed by atoms with Crippen molar-refractivity contribution in [3.05, 3.63) is 40.2 Å². The summed E-state index contributed by atoms with van der Waals surface area (Å²) in [5.41, 5.74) is -0.306. The van der Waals surface area contributed by atoms with Crippen LogP contribution in [0.4, 0.5) is 10.1 Å². The van der Waals surface area contributed by atoms with Gasteiger partial charge in [-0.15, -0.1) is 0 Å². The van der Waals surface area contributed by atoms with E-state index < -0.39 is 26.6 Å². The summed E-state index contributed by atoms with van der Waals surface area (Å²) in [6.07, 6.45) is 0. The lowest BCUT2D eigenvalue weighted by Crippen LogP contribution is -2.22. The third-order valence-electron chi connectivity index (χ3n) is 1.41. The van der Waals surface area contributed by atoms with Crippen LogP contribution in [0.2, 0.25) is 0 Å². The highest BCUT2D eigenvalue weighted by Gasteiger charge is 2.18. The summed E-state index contributed by atoms with van der Waals surface area (Å²) >= 11 is 0. The zero-order valence-corrected chi connectivity index (χ0v) is 8.20. The van der Waals surface area contributed by atoms with E-state index in [-0.39, 0.29) is 5.69 Å². The maximum Gasteiger partial charge on any atom is 0.319 e. The van der Waals surface area contributed by atoms with Gasteiger partial charge in [0.05, 0.1) is 5.69 Å². The molecule has 0 radical (unpaired) electrons. The van der Waals surface area contributed by atoms with Crippen molar-refractivity contribution in [2.45, 2.75) is 0 Å². The first-order valence-corrected chi connectivity index (χ1v) is 5.43. The van der Waals surface area contributed by atoms with E-state index in [0.717, 1.165) is 6.07 Å². The Kier molecular flexibility index (Phi) is 3.20. The van der Waals surface area contributed by atoms with Crippen LogP contribution >= 0.6 is 0 Å². The van der Waals surface area contributed by atoms with Crippen LogP contribution in [-0.4, -0.2) is 19.2 Å². The lowest BCUT2D eigenvalue weighted by atomic mass is 10.3. The monoisotopic (exact) mass is 234 g/mol. The van der Waals surface area contributed by atoms with Crippen LogP contribution in [0, 0.1) is 15.9 Å². The molecule has 0 unspecified atom stereocenters. The highest BCUT2D eigenvalue weighted by molar-refractivity contribution is 7.92. The highest BCUT2D eigenvalue weighted by Crippen LogP contribution is 2.13. The number of para-hydroxylation sites is 1. The van der Waals surface area contributed by atoms with Gasteiger partial charge in [0.1, 0.15) is 5.82 Å². The van der Waals surface area contributed by atoms with Crippen molar-refractivity contribution >= 4 is 15.7 Å². The number of halogens is 1. The van der Waals surface area contributed by atoms with E-state index >= 15 is 0 Å². The number of nitro groups is 1. The lowest BCUT2D eigenvalue weighted by molar-refractivity contribution is -0.458. The largest absolute Gasteiger partial charge is 0.319 e. The third-order valence-corrected chi connectivity index (χ3v) is 2.50. The Morgan fingerprint density at radius 3 is 2.53 bits per heavy atom. The highest BCUT2D eigenvalue weighted by atomic mass is 32.2. The molecule has 0 amide bonds. The second-order valence-corrected chi connectivity index (χ2v) is 4.35. The summed E-state index contributed by atoms with van der Waals surface area (Å²) in [7, 11) is -4.15. The predicted octanol–water partition coefficient (Wildman–Crippen LogP) is 0.802. The third kappa shape index (κ3) is 3.50. The van der Waals surface area contributed by atoms with Gasteiger partial charge in [-0.1, -0.05) is 12.1 Å². The van der Waals surface area contributed by atoms with Crippen LogP contribution in [0.15, 0.2) is 24.3 Å². The van der Waals surface area contributed by atoms with Gasteiger partial charge in [-0.05, 0) is 12.1 Å². The Morgan fingerprint density at radius 1 is 1.40 bits per heavy atom. The SMILES string of the molecule is O=[N+]([O-])CS(=O)(=O)Nc1ccccc1F. The van der Waals surface area contributed by atoms with Crippen molar-refractivity contribution in [3.63, 3.8) is 0 Å². The summed E-state index contributed by atoms with van der Waals surface area (Å²) in [6.45, 7) is 0. The van der Waals surface area contributed by atoms with Gasteiger partial charge in [-0.25, -0.2) is 4.39 Å². The molecule has 6 nitrogen and oxygen atoms in total. The van der Waals surface area contributed by atoms with E-state index in [0.29, 0.717) is 0 Å². The van der Waals surface area contributed by atoms with Gasteiger partial charge in [0.2, 0.25) is 0 Å². The smallest absolute Gasteiger partial charge is 0.275 e. The number of nitrogens with one attached hydrogen (secondary N) is 1. The van der Waals surface area contributed by atoms with Crippen LogP contribution in [0.1, 0.15) is 0 Å². The Hall–Kier alpha value is -1.70. The summed E-state index contributed by atoms with van der Waals surface area (Å²) < 4.78 is 36.8. The number of nitrogens with zero attached hydrogens (tertiary/aromatic N) is 1. The molecule has 8 heteroatoms. The van der Waals surface area contributed by atoms with Crippen molar-refractivity contribution in [2.75, 3.05) is 10.6 Å². The molecule has 0 aliphatic heterocycles. The molecule has 1 N–H and O–H groups in total. The Morgan fingerprint density at radius 2 is 2.00 bits per heavy atom. The quantitative estimate of drug-likeness (QED) is 0.616. The number of anilines is 1. The van der Waals surface area contributed by atoms with Gasteiger partial charge in [-0.2, -0.15) is 8.42 Å². The lowest BCUT2D eigenvalue weighted by Gasteiger charge is -2.04. The normalized spacial score (nSPS) is 11.0. The van der Waals surface area contributed by atoms with E-state index in [1.165, 1.54) is 18.2 Å². The number of rotatable bonds is 4. The zero-order chi connectivity index (χ0) is 11.5. The topological polar surface area (TPSA) is 89.3 Å². The molecule has 1 rings (SSSR count). The van der Waals surface area contributed by atoms with Gasteiger partial charge < -0.3 is 0 Å². The molecule has 0 aliphatic rings. The second-order valence-electron chi connectivity index (χ2n) is 2.66. The molecule has 0 aromatic heterocycles. The Balaban J connectivity index is 2.87. The summed E-state index contributed by atoms with van der Waals surface area (Å²) in [5.74, 6) is -2.08. The summed E-state index contributed by atoms with van der Waals surface area (Å²) in [4.78, 5) is 8.97. The van der Waals surface area contributed by atoms with Crippen molar-refractivity contribution < 1.29 is 17.7 Å². The zero-order valence-electron chi connectivity index (χ0n) is 7.38. The number of sulfonamides is 1. The average Bonchev–Trinajstić information content (AvgIpc) is 2.06. The Bertz CT molecular complexity index is 474. The molecule has 82 valence electrons. The van der Waals surface area contributed by atoms with Crippen LogP contribution in [0.3, 0.4) is 0 Å². The number of hydrogen-bond donors (Lipinski definition) is 1. The average molecular weight is 234 g/mol. The minimum absolute atomic E-state index is 0.306. The fourth-order valence-electron chi connectivity index (χ4n) is 0.883. The maximum absolute atomic E-state index is 13.0. The first-order chi connectivity index (χ1) is 6.91. The fourth-order valence-corrected chi connectivity index (χ4v) is 1.73. The molecule has 0 saturated carbocycles. The summed E-state index contributed by atoms with van der Waals surface area (Å²) in [5, 5.41) is 9.98. The first kappa shape index (κ1) is 11.4. The molecule has 0 fully saturated rings. The van der Waals surface area contributed by atoms with Gasteiger partial charge >= 0.3 is 5.88 Å². The first-order valence-electron chi connectivity index (χ1n) is 3.77. The van der Waals surface area contributed by atoms with Crippen molar-refractivity contribution in [1.29, 1.82) is 0 Å². The molecule has 0 spiro atoms. The fraction of sp³-hybridized carbons (Fsp3) is 0.143. The summed E-state index contributed by atoms with van der Waals surface area (Å²) in [6, 6.07) is 5.00. The van der Waals surface area contributed by atoms with Gasteiger partial charge in [0.25, 0.3) is 10.0 Å². The van der Waals surface area contributed by atoms with Gasteiger partial charge in [0.15, 0.2) is 0 Å². The molecule has 0 saturated heterocycles. The van der Waals surface area contributed by atoms with E-state index in [2.05, 4.69) is 0 Å². The minimum Gasteiger partial charge on any atom is -0.275 e. The predicted molar refractivity (Wildman–Crippen MR) is 50.8 cm³/mol. The van der Waals surface area contributed by atoms with E-state index in [1.54, 1.807) is 4.72 Å².